The highest BCUT2D eigenvalue weighted by Crippen LogP contribution is 2.51. The predicted molar refractivity (Wildman–Crippen MR) is 103 cm³/mol. The van der Waals surface area contributed by atoms with E-state index in [1.807, 2.05) is 18.2 Å². The summed E-state index contributed by atoms with van der Waals surface area (Å²) in [7, 11) is 1.67. The smallest absolute Gasteiger partial charge is 0.191 e. The van der Waals surface area contributed by atoms with Crippen LogP contribution < -0.4 is 19.7 Å². The molecule has 2 bridgehead atoms. The number of thiocarbonyl (C=S) groups is 1. The number of benzene rings is 2. The summed E-state index contributed by atoms with van der Waals surface area (Å²) < 4.78 is 12.1. The maximum Gasteiger partial charge on any atom is 0.191 e. The molecule has 1 N–H and O–H groups in total. The largest absolute Gasteiger partial charge is 0.493 e. The summed E-state index contributed by atoms with van der Waals surface area (Å²) >= 11 is 5.73. The van der Waals surface area contributed by atoms with Crippen LogP contribution in [0, 0.1) is 12.8 Å². The number of para-hydroxylation sites is 1. The molecule has 0 saturated carbocycles. The summed E-state index contributed by atoms with van der Waals surface area (Å²) in [6.45, 7) is 6.39. The maximum absolute atomic E-state index is 6.58. The molecule has 0 spiro atoms. The van der Waals surface area contributed by atoms with Crippen LogP contribution in [-0.2, 0) is 0 Å². The van der Waals surface area contributed by atoms with E-state index in [4.69, 9.17) is 21.7 Å². The van der Waals surface area contributed by atoms with E-state index in [0.717, 1.165) is 22.7 Å². The average Bonchev–Trinajstić information content (AvgIpc) is 2.57. The number of nitrogens with one attached hydrogen (secondary N) is 1. The van der Waals surface area contributed by atoms with Crippen molar-refractivity contribution in [1.82, 2.24) is 5.32 Å². The molecule has 4 nitrogen and oxygen atoms in total. The first kappa shape index (κ1) is 16.2. The van der Waals surface area contributed by atoms with Crippen LogP contribution in [0.2, 0.25) is 0 Å². The third kappa shape index (κ3) is 2.29. The molecule has 0 amide bonds. The van der Waals surface area contributed by atoms with Crippen LogP contribution in [0.5, 0.6) is 11.5 Å². The number of aryl methyl sites for hydroxylation is 1. The highest BCUT2D eigenvalue weighted by atomic mass is 32.1. The minimum Gasteiger partial charge on any atom is -0.493 e. The molecule has 5 heteroatoms. The number of nitrogens with zero attached hydrogens (tertiary/aromatic N) is 1. The van der Waals surface area contributed by atoms with Crippen LogP contribution in [0.25, 0.3) is 0 Å². The lowest BCUT2D eigenvalue weighted by Crippen LogP contribution is -2.69. The summed E-state index contributed by atoms with van der Waals surface area (Å²) in [6.07, 6.45) is 0. The van der Waals surface area contributed by atoms with Gasteiger partial charge < -0.3 is 14.8 Å². The highest BCUT2D eigenvalue weighted by molar-refractivity contribution is 7.80. The fourth-order valence-corrected chi connectivity index (χ4v) is 4.33. The predicted octanol–water partition coefficient (Wildman–Crippen LogP) is 4.18. The van der Waals surface area contributed by atoms with Gasteiger partial charge in [0.2, 0.25) is 0 Å². The lowest BCUT2D eigenvalue weighted by atomic mass is 9.80. The summed E-state index contributed by atoms with van der Waals surface area (Å²) in [6, 6.07) is 14.4. The van der Waals surface area contributed by atoms with E-state index in [-0.39, 0.29) is 12.0 Å². The normalized spacial score (nSPS) is 27.2. The third-order valence-corrected chi connectivity index (χ3v) is 5.70. The second kappa shape index (κ2) is 5.63. The van der Waals surface area contributed by atoms with Crippen molar-refractivity contribution in [2.24, 2.45) is 5.92 Å². The van der Waals surface area contributed by atoms with Gasteiger partial charge >= 0.3 is 0 Å². The van der Waals surface area contributed by atoms with Gasteiger partial charge in [-0.2, -0.15) is 0 Å². The second-order valence-electron chi connectivity index (χ2n) is 6.93. The molecule has 0 unspecified atom stereocenters. The second-order valence-corrected chi connectivity index (χ2v) is 7.31. The van der Waals surface area contributed by atoms with Crippen molar-refractivity contribution in [3.8, 4) is 11.5 Å². The van der Waals surface area contributed by atoms with E-state index in [2.05, 4.69) is 55.3 Å². The minimum absolute atomic E-state index is 0.0948. The number of anilines is 1. The molecule has 2 aromatic carbocycles. The van der Waals surface area contributed by atoms with Crippen LogP contribution in [-0.4, -0.2) is 17.9 Å². The van der Waals surface area contributed by atoms with Crippen LogP contribution >= 0.6 is 12.2 Å². The topological polar surface area (TPSA) is 33.7 Å². The van der Waals surface area contributed by atoms with Crippen molar-refractivity contribution < 1.29 is 9.47 Å². The van der Waals surface area contributed by atoms with Crippen molar-refractivity contribution in [2.45, 2.75) is 32.5 Å². The molecule has 2 aliphatic heterocycles. The zero-order valence-corrected chi connectivity index (χ0v) is 15.7. The van der Waals surface area contributed by atoms with E-state index >= 15 is 0 Å². The SMILES string of the molecule is COc1cccc2c1O[C@@]1(C)[C@H](C)[C@H]2NC(=S)N1c1cccc(C)c1. The first-order valence-electron chi connectivity index (χ1n) is 8.49. The molecule has 1 fully saturated rings. The maximum atomic E-state index is 6.58. The van der Waals surface area contributed by atoms with Crippen molar-refractivity contribution in [3.05, 3.63) is 53.6 Å². The Hall–Kier alpha value is -2.27. The number of hydrogen-bond acceptors (Lipinski definition) is 3. The van der Waals surface area contributed by atoms with E-state index in [9.17, 15) is 0 Å². The Labute approximate surface area is 153 Å². The van der Waals surface area contributed by atoms with Gasteiger partial charge in [0, 0.05) is 17.2 Å². The fourth-order valence-electron chi connectivity index (χ4n) is 3.92. The molecule has 1 saturated heterocycles. The van der Waals surface area contributed by atoms with E-state index in [0.29, 0.717) is 5.11 Å². The molecule has 2 heterocycles. The number of hydrogen-bond donors (Lipinski definition) is 1. The Morgan fingerprint density at radius 2 is 2.00 bits per heavy atom. The van der Waals surface area contributed by atoms with Crippen molar-refractivity contribution in [1.29, 1.82) is 0 Å². The summed E-state index contributed by atoms with van der Waals surface area (Å²) in [5.41, 5.74) is 2.72. The van der Waals surface area contributed by atoms with Gasteiger partial charge in [0.15, 0.2) is 22.3 Å². The molecule has 2 aromatic rings. The Bertz CT molecular complexity index is 853. The van der Waals surface area contributed by atoms with Gasteiger partial charge in [-0.05, 0) is 49.8 Å². The third-order valence-electron chi connectivity index (χ3n) is 5.40. The molecule has 2 aliphatic rings. The molecular formula is C20H22N2O2S. The zero-order chi connectivity index (χ0) is 17.8. The quantitative estimate of drug-likeness (QED) is 0.818. The van der Waals surface area contributed by atoms with Crippen LogP contribution in [0.3, 0.4) is 0 Å². The molecule has 130 valence electrons. The van der Waals surface area contributed by atoms with Crippen molar-refractivity contribution in [3.63, 3.8) is 0 Å². The van der Waals surface area contributed by atoms with Gasteiger partial charge in [0.05, 0.1) is 13.2 Å². The number of ether oxygens (including phenoxy) is 2. The van der Waals surface area contributed by atoms with Gasteiger partial charge in [-0.3, -0.25) is 4.90 Å². The van der Waals surface area contributed by atoms with Crippen LogP contribution in [0.4, 0.5) is 5.69 Å². The Morgan fingerprint density at radius 3 is 2.72 bits per heavy atom. The summed E-state index contributed by atoms with van der Waals surface area (Å²) in [5, 5.41) is 4.20. The standard InChI is InChI=1S/C20H22N2O2S/c1-12-7-5-8-14(11-12)22-19(25)21-17-13(2)20(22,3)24-18-15(17)9-6-10-16(18)23-4/h5-11,13,17H,1-4H3,(H,21,25)/t13-,17-,20+/m1/s1. The van der Waals surface area contributed by atoms with E-state index in [1.54, 1.807) is 7.11 Å². The lowest BCUT2D eigenvalue weighted by molar-refractivity contribution is -0.00546. The molecule has 3 atom stereocenters. The van der Waals surface area contributed by atoms with Gasteiger partial charge in [-0.15, -0.1) is 0 Å². The average molecular weight is 354 g/mol. The van der Waals surface area contributed by atoms with Gasteiger partial charge in [0.25, 0.3) is 0 Å². The molecule has 0 aromatic heterocycles. The van der Waals surface area contributed by atoms with Crippen molar-refractivity contribution >= 4 is 23.0 Å². The molecule has 4 rings (SSSR count). The Kier molecular flexibility index (Phi) is 3.65. The first-order valence-corrected chi connectivity index (χ1v) is 8.90. The molecule has 0 aliphatic carbocycles. The number of fused-ring (bicyclic) bond motifs is 4. The summed E-state index contributed by atoms with van der Waals surface area (Å²) in [4.78, 5) is 2.09. The Balaban J connectivity index is 1.88. The highest BCUT2D eigenvalue weighted by Gasteiger charge is 2.54. The monoisotopic (exact) mass is 354 g/mol. The van der Waals surface area contributed by atoms with Crippen molar-refractivity contribution in [2.75, 3.05) is 12.0 Å². The zero-order valence-electron chi connectivity index (χ0n) is 14.9. The molecule has 0 radical (unpaired) electrons. The van der Waals surface area contributed by atoms with Crippen LogP contribution in [0.15, 0.2) is 42.5 Å². The van der Waals surface area contributed by atoms with Gasteiger partial charge in [-0.1, -0.05) is 31.2 Å². The van der Waals surface area contributed by atoms with Gasteiger partial charge in [-0.25, -0.2) is 0 Å². The lowest BCUT2D eigenvalue weighted by Gasteiger charge is -2.56. The minimum atomic E-state index is -0.595. The van der Waals surface area contributed by atoms with Crippen LogP contribution in [0.1, 0.15) is 31.0 Å². The van der Waals surface area contributed by atoms with Gasteiger partial charge in [0.1, 0.15) is 0 Å². The fraction of sp³-hybridized carbons (Fsp3) is 0.350. The number of methoxy groups -OCH3 is 1. The molecule has 25 heavy (non-hydrogen) atoms. The first-order chi connectivity index (χ1) is 12.0. The number of rotatable bonds is 2. The Morgan fingerprint density at radius 1 is 1.24 bits per heavy atom. The summed E-state index contributed by atoms with van der Waals surface area (Å²) in [5.74, 6) is 1.74. The van der Waals surface area contributed by atoms with E-state index < -0.39 is 5.72 Å². The van der Waals surface area contributed by atoms with E-state index in [1.165, 1.54) is 5.56 Å². The molecular weight excluding hydrogens is 332 g/mol.